The second-order valence-corrected chi connectivity index (χ2v) is 7.08. The van der Waals surface area contributed by atoms with E-state index in [1.165, 1.54) is 38.5 Å². The molecule has 132 valence electrons. The van der Waals surface area contributed by atoms with Crippen LogP contribution in [0.2, 0.25) is 0 Å². The van der Waals surface area contributed by atoms with Gasteiger partial charge in [-0.3, -0.25) is 4.79 Å². The van der Waals surface area contributed by atoms with Crippen LogP contribution in [0.25, 0.3) is 0 Å². The van der Waals surface area contributed by atoms with Gasteiger partial charge in [0.05, 0.1) is 12.2 Å². The molecule has 0 aromatic heterocycles. The second kappa shape index (κ2) is 9.43. The maximum absolute atomic E-state index is 11.2. The molecule has 2 rings (SSSR count). The van der Waals surface area contributed by atoms with Crippen LogP contribution in [0, 0.1) is 11.8 Å². The number of nitrogens with one attached hydrogen (secondary N) is 1. The molecule has 0 radical (unpaired) electrons. The van der Waals surface area contributed by atoms with Gasteiger partial charge in [-0.15, -0.1) is 0 Å². The molecule has 1 amide bonds. The first kappa shape index (κ1) is 18.5. The molecule has 0 saturated heterocycles. The number of allylic oxidation sites excluding steroid dienone is 1. The third kappa shape index (κ3) is 5.61. The Hall–Kier alpha value is -0.870. The van der Waals surface area contributed by atoms with E-state index < -0.39 is 0 Å². The minimum absolute atomic E-state index is 0.0393. The standard InChI is InChI=1S/C19H33NO3/c1-14(21)20-11-10-19(15-6-4-8-17(12-15)22-2)16-7-5-9-18(13-16)23-3/h10,15-18H,4-9,11-13H2,1-3H3,(H,20,21). The van der Waals surface area contributed by atoms with Gasteiger partial charge in [0.15, 0.2) is 0 Å². The Morgan fingerprint density at radius 1 is 1.00 bits per heavy atom. The van der Waals surface area contributed by atoms with E-state index in [0.717, 1.165) is 12.8 Å². The first-order valence-corrected chi connectivity index (χ1v) is 9.14. The van der Waals surface area contributed by atoms with Gasteiger partial charge in [0, 0.05) is 27.7 Å². The zero-order valence-corrected chi connectivity index (χ0v) is 15.0. The second-order valence-electron chi connectivity index (χ2n) is 7.08. The topological polar surface area (TPSA) is 47.6 Å². The van der Waals surface area contributed by atoms with Gasteiger partial charge in [-0.2, -0.15) is 0 Å². The molecule has 2 aliphatic rings. The number of carbonyl (C=O) groups excluding carboxylic acids is 1. The molecule has 0 spiro atoms. The zero-order chi connectivity index (χ0) is 16.7. The Kier molecular flexibility index (Phi) is 7.57. The van der Waals surface area contributed by atoms with Crippen LogP contribution in [0.4, 0.5) is 0 Å². The van der Waals surface area contributed by atoms with E-state index in [1.54, 1.807) is 12.5 Å². The SMILES string of the molecule is COC1CCCC(C(=CCNC(C)=O)C2CCCC(OC)C2)C1. The highest BCUT2D eigenvalue weighted by atomic mass is 16.5. The molecular weight excluding hydrogens is 290 g/mol. The van der Waals surface area contributed by atoms with Gasteiger partial charge >= 0.3 is 0 Å². The molecular formula is C19H33NO3. The first-order chi connectivity index (χ1) is 11.1. The smallest absolute Gasteiger partial charge is 0.217 e. The molecule has 0 heterocycles. The number of carbonyl (C=O) groups is 1. The fourth-order valence-corrected chi connectivity index (χ4v) is 4.30. The van der Waals surface area contributed by atoms with Crippen LogP contribution in [0.1, 0.15) is 58.3 Å². The van der Waals surface area contributed by atoms with Gasteiger partial charge in [0.25, 0.3) is 0 Å². The lowest BCUT2D eigenvalue weighted by atomic mass is 9.72. The van der Waals surface area contributed by atoms with Gasteiger partial charge in [0.2, 0.25) is 5.91 Å². The molecule has 2 aliphatic carbocycles. The van der Waals surface area contributed by atoms with Crippen molar-refractivity contribution in [1.82, 2.24) is 5.32 Å². The van der Waals surface area contributed by atoms with E-state index in [2.05, 4.69) is 11.4 Å². The van der Waals surface area contributed by atoms with Crippen molar-refractivity contribution in [3.8, 4) is 0 Å². The third-order valence-electron chi connectivity index (χ3n) is 5.55. The molecule has 4 unspecified atom stereocenters. The number of hydrogen-bond donors (Lipinski definition) is 1. The van der Waals surface area contributed by atoms with Crippen molar-refractivity contribution in [3.63, 3.8) is 0 Å². The molecule has 0 bridgehead atoms. The number of rotatable bonds is 6. The summed E-state index contributed by atoms with van der Waals surface area (Å²) >= 11 is 0. The fourth-order valence-electron chi connectivity index (χ4n) is 4.30. The van der Waals surface area contributed by atoms with E-state index in [9.17, 15) is 4.79 Å². The lowest BCUT2D eigenvalue weighted by molar-refractivity contribution is -0.118. The van der Waals surface area contributed by atoms with Crippen LogP contribution in [-0.2, 0) is 14.3 Å². The third-order valence-corrected chi connectivity index (χ3v) is 5.55. The summed E-state index contributed by atoms with van der Waals surface area (Å²) in [4.78, 5) is 11.2. The molecule has 2 saturated carbocycles. The minimum Gasteiger partial charge on any atom is -0.381 e. The lowest BCUT2D eigenvalue weighted by Gasteiger charge is -2.37. The molecule has 0 aliphatic heterocycles. The Morgan fingerprint density at radius 3 is 1.96 bits per heavy atom. The van der Waals surface area contributed by atoms with Crippen molar-refractivity contribution in [3.05, 3.63) is 11.6 Å². The highest BCUT2D eigenvalue weighted by Crippen LogP contribution is 2.40. The number of methoxy groups -OCH3 is 2. The molecule has 1 N–H and O–H groups in total. The monoisotopic (exact) mass is 323 g/mol. The lowest BCUT2D eigenvalue weighted by Crippen LogP contribution is -2.30. The van der Waals surface area contributed by atoms with Crippen LogP contribution in [0.5, 0.6) is 0 Å². The zero-order valence-electron chi connectivity index (χ0n) is 15.0. The largest absolute Gasteiger partial charge is 0.381 e. The summed E-state index contributed by atoms with van der Waals surface area (Å²) in [5.41, 5.74) is 1.54. The summed E-state index contributed by atoms with van der Waals surface area (Å²) in [5, 5.41) is 2.93. The van der Waals surface area contributed by atoms with Gasteiger partial charge in [-0.25, -0.2) is 0 Å². The van der Waals surface area contributed by atoms with Crippen LogP contribution < -0.4 is 5.32 Å². The van der Waals surface area contributed by atoms with E-state index in [0.29, 0.717) is 30.6 Å². The van der Waals surface area contributed by atoms with Gasteiger partial charge < -0.3 is 14.8 Å². The number of ether oxygens (including phenoxy) is 2. The highest BCUT2D eigenvalue weighted by Gasteiger charge is 2.31. The van der Waals surface area contributed by atoms with Crippen molar-refractivity contribution < 1.29 is 14.3 Å². The van der Waals surface area contributed by atoms with E-state index in [4.69, 9.17) is 9.47 Å². The first-order valence-electron chi connectivity index (χ1n) is 9.14. The van der Waals surface area contributed by atoms with E-state index in [1.807, 2.05) is 14.2 Å². The number of hydrogen-bond acceptors (Lipinski definition) is 3. The van der Waals surface area contributed by atoms with Crippen LogP contribution in [0.15, 0.2) is 11.6 Å². The number of amides is 1. The molecule has 2 fully saturated rings. The Bertz CT molecular complexity index is 381. The Balaban J connectivity index is 2.08. The summed E-state index contributed by atoms with van der Waals surface area (Å²) in [7, 11) is 3.66. The Labute approximate surface area is 141 Å². The van der Waals surface area contributed by atoms with E-state index >= 15 is 0 Å². The Morgan fingerprint density at radius 2 is 1.52 bits per heavy atom. The van der Waals surface area contributed by atoms with Crippen LogP contribution in [-0.4, -0.2) is 38.9 Å². The molecule has 23 heavy (non-hydrogen) atoms. The summed E-state index contributed by atoms with van der Waals surface area (Å²) in [6, 6.07) is 0. The van der Waals surface area contributed by atoms with Crippen LogP contribution >= 0.6 is 0 Å². The molecule has 0 aromatic rings. The highest BCUT2D eigenvalue weighted by molar-refractivity contribution is 5.72. The average molecular weight is 323 g/mol. The molecule has 4 nitrogen and oxygen atoms in total. The van der Waals surface area contributed by atoms with Crippen molar-refractivity contribution in [2.75, 3.05) is 20.8 Å². The van der Waals surface area contributed by atoms with Gasteiger partial charge in [-0.1, -0.05) is 24.5 Å². The normalized spacial score (nSPS) is 31.4. The molecule has 4 atom stereocenters. The fraction of sp³-hybridized carbons (Fsp3) is 0.842. The van der Waals surface area contributed by atoms with E-state index in [-0.39, 0.29) is 5.91 Å². The predicted octanol–water partition coefficient (Wildman–Crippen LogP) is 3.46. The van der Waals surface area contributed by atoms with Crippen LogP contribution in [0.3, 0.4) is 0 Å². The van der Waals surface area contributed by atoms with Crippen molar-refractivity contribution in [2.24, 2.45) is 11.8 Å². The summed E-state index contributed by atoms with van der Waals surface area (Å²) in [5.74, 6) is 1.24. The minimum atomic E-state index is 0.0393. The maximum atomic E-state index is 11.2. The average Bonchev–Trinajstić information content (AvgIpc) is 2.58. The summed E-state index contributed by atoms with van der Waals surface area (Å²) < 4.78 is 11.2. The summed E-state index contributed by atoms with van der Waals surface area (Å²) in [6.07, 6.45) is 12.6. The predicted molar refractivity (Wildman–Crippen MR) is 92.3 cm³/mol. The van der Waals surface area contributed by atoms with Crippen molar-refractivity contribution in [2.45, 2.75) is 70.5 Å². The van der Waals surface area contributed by atoms with Crippen molar-refractivity contribution >= 4 is 5.91 Å². The quantitative estimate of drug-likeness (QED) is 0.762. The summed E-state index contributed by atoms with van der Waals surface area (Å²) in [6.45, 7) is 2.23. The molecule has 0 aromatic carbocycles. The van der Waals surface area contributed by atoms with Crippen molar-refractivity contribution in [1.29, 1.82) is 0 Å². The van der Waals surface area contributed by atoms with Gasteiger partial charge in [0.1, 0.15) is 0 Å². The maximum Gasteiger partial charge on any atom is 0.217 e. The molecule has 4 heteroatoms. The van der Waals surface area contributed by atoms with Gasteiger partial charge in [-0.05, 0) is 50.4 Å².